The zero-order chi connectivity index (χ0) is 21.9. The quantitative estimate of drug-likeness (QED) is 0.759. The van der Waals surface area contributed by atoms with Crippen LogP contribution in [0.2, 0.25) is 0 Å². The molecule has 1 fully saturated rings. The molecule has 2 aliphatic rings. The highest BCUT2D eigenvalue weighted by atomic mass is 32.1. The lowest BCUT2D eigenvalue weighted by molar-refractivity contribution is -0.192. The van der Waals surface area contributed by atoms with Gasteiger partial charge in [-0.25, -0.2) is 9.78 Å². The smallest absolute Gasteiger partial charge is 0.475 e. The van der Waals surface area contributed by atoms with E-state index in [0.29, 0.717) is 25.4 Å². The lowest BCUT2D eigenvalue weighted by atomic mass is 9.96. The average molecular weight is 446 g/mol. The predicted octanol–water partition coefficient (Wildman–Crippen LogP) is 2.68. The molecule has 1 aliphatic heterocycles. The maximum absolute atomic E-state index is 12.6. The minimum absolute atomic E-state index is 0.00653. The third kappa shape index (κ3) is 5.57. The summed E-state index contributed by atoms with van der Waals surface area (Å²) in [5.41, 5.74) is 4.54. The first-order valence-corrected chi connectivity index (χ1v) is 10.2. The van der Waals surface area contributed by atoms with E-state index >= 15 is 0 Å². The molecule has 12 heteroatoms. The van der Waals surface area contributed by atoms with Gasteiger partial charge in [0.25, 0.3) is 5.91 Å². The highest BCUT2D eigenvalue weighted by Crippen LogP contribution is 2.32. The number of aliphatic carboxylic acids is 1. The van der Waals surface area contributed by atoms with Crippen molar-refractivity contribution in [3.05, 3.63) is 34.0 Å². The maximum atomic E-state index is 12.6. The second kappa shape index (κ2) is 9.13. The van der Waals surface area contributed by atoms with Crippen LogP contribution in [0.3, 0.4) is 0 Å². The largest absolute Gasteiger partial charge is 0.490 e. The lowest BCUT2D eigenvalue weighted by Gasteiger charge is -2.32. The molecule has 1 N–H and O–H groups in total. The highest BCUT2D eigenvalue weighted by molar-refractivity contribution is 7.07. The van der Waals surface area contributed by atoms with Crippen LogP contribution in [0.25, 0.3) is 0 Å². The Morgan fingerprint density at radius 2 is 2.03 bits per heavy atom. The molecule has 164 valence electrons. The van der Waals surface area contributed by atoms with Crippen LogP contribution in [-0.4, -0.2) is 62.6 Å². The number of aryl methyl sites for hydroxylation is 1. The molecule has 0 saturated heterocycles. The Hall–Kier alpha value is -2.47. The number of ether oxygens (including phenoxy) is 1. The van der Waals surface area contributed by atoms with E-state index < -0.39 is 12.1 Å². The molecule has 1 aliphatic carbocycles. The fraction of sp³-hybridized carbons (Fsp3) is 0.556. The van der Waals surface area contributed by atoms with E-state index in [1.54, 1.807) is 10.9 Å². The molecule has 1 saturated carbocycles. The van der Waals surface area contributed by atoms with E-state index in [4.69, 9.17) is 14.6 Å². The van der Waals surface area contributed by atoms with Crippen molar-refractivity contribution in [2.24, 2.45) is 13.0 Å². The molecule has 8 nitrogen and oxygen atoms in total. The average Bonchev–Trinajstić information content (AvgIpc) is 3.19. The number of carbonyl (C=O) groups is 2. The van der Waals surface area contributed by atoms with Crippen LogP contribution in [0.4, 0.5) is 13.2 Å². The standard InChI is InChI=1S/C16H20N4O2S.C2HF3O2/c1-19-15-12(4-18-19)5-20(16(21)14-9-23-10-17-14)6-13(15)8-22-7-11-2-3-11;3-2(4,5)1(6)7/h4,9-11,13H,2-3,5-8H2,1H3;(H,6,7). The van der Waals surface area contributed by atoms with Gasteiger partial charge < -0.3 is 14.7 Å². The number of carbonyl (C=O) groups excluding carboxylic acids is 1. The summed E-state index contributed by atoms with van der Waals surface area (Å²) in [6.45, 7) is 2.74. The second-order valence-electron chi connectivity index (χ2n) is 7.22. The van der Waals surface area contributed by atoms with E-state index in [0.717, 1.165) is 18.1 Å². The van der Waals surface area contributed by atoms with Crippen LogP contribution in [0.15, 0.2) is 17.1 Å². The Balaban J connectivity index is 0.000000318. The van der Waals surface area contributed by atoms with Gasteiger partial charge in [0.2, 0.25) is 0 Å². The van der Waals surface area contributed by atoms with Gasteiger partial charge in [-0.05, 0) is 18.8 Å². The molecule has 1 amide bonds. The van der Waals surface area contributed by atoms with E-state index in [-0.39, 0.29) is 11.8 Å². The first-order valence-electron chi connectivity index (χ1n) is 9.23. The van der Waals surface area contributed by atoms with Gasteiger partial charge in [-0.1, -0.05) is 0 Å². The predicted molar refractivity (Wildman–Crippen MR) is 100 cm³/mol. The Labute approximate surface area is 174 Å². The summed E-state index contributed by atoms with van der Waals surface area (Å²) in [6.07, 6.45) is -0.643. The minimum Gasteiger partial charge on any atom is -0.475 e. The molecule has 2 aromatic rings. The summed E-state index contributed by atoms with van der Waals surface area (Å²) in [4.78, 5) is 27.5. The molecular weight excluding hydrogens is 425 g/mol. The van der Waals surface area contributed by atoms with E-state index in [2.05, 4.69) is 10.1 Å². The summed E-state index contributed by atoms with van der Waals surface area (Å²) >= 11 is 1.45. The third-order valence-electron chi connectivity index (χ3n) is 4.80. The van der Waals surface area contributed by atoms with Gasteiger partial charge in [-0.2, -0.15) is 18.3 Å². The molecule has 0 radical (unpaired) electrons. The Morgan fingerprint density at radius 1 is 1.33 bits per heavy atom. The number of nitrogens with zero attached hydrogens (tertiary/aromatic N) is 4. The minimum atomic E-state index is -5.08. The SMILES string of the molecule is Cn1ncc2c1C(COCC1CC1)CN(C(=O)c1cscn1)C2.O=C(O)C(F)(F)F. The fourth-order valence-electron chi connectivity index (χ4n) is 3.19. The molecule has 0 aromatic carbocycles. The Kier molecular flexibility index (Phi) is 6.76. The second-order valence-corrected chi connectivity index (χ2v) is 7.94. The first-order chi connectivity index (χ1) is 14.2. The molecule has 30 heavy (non-hydrogen) atoms. The Bertz CT molecular complexity index is 881. The molecule has 0 bridgehead atoms. The molecule has 2 aromatic heterocycles. The molecule has 1 atom stereocenters. The first kappa shape index (κ1) is 22.2. The maximum Gasteiger partial charge on any atom is 0.490 e. The molecular formula is C18H21F3N4O4S. The van der Waals surface area contributed by atoms with E-state index in [1.807, 2.05) is 22.8 Å². The Morgan fingerprint density at radius 3 is 2.60 bits per heavy atom. The van der Waals surface area contributed by atoms with Gasteiger partial charge in [0.05, 0.1) is 24.0 Å². The van der Waals surface area contributed by atoms with E-state index in [1.165, 1.54) is 29.9 Å². The molecule has 0 spiro atoms. The van der Waals surface area contributed by atoms with Crippen molar-refractivity contribution in [1.29, 1.82) is 0 Å². The summed E-state index contributed by atoms with van der Waals surface area (Å²) in [6, 6.07) is 0. The van der Waals surface area contributed by atoms with Crippen molar-refractivity contribution in [3.63, 3.8) is 0 Å². The van der Waals surface area contributed by atoms with Crippen LogP contribution >= 0.6 is 11.3 Å². The number of amides is 1. The monoisotopic (exact) mass is 446 g/mol. The van der Waals surface area contributed by atoms with Gasteiger partial charge in [0.15, 0.2) is 0 Å². The third-order valence-corrected chi connectivity index (χ3v) is 5.39. The van der Waals surface area contributed by atoms with Gasteiger partial charge in [-0.3, -0.25) is 9.48 Å². The summed E-state index contributed by atoms with van der Waals surface area (Å²) in [7, 11) is 1.96. The zero-order valence-corrected chi connectivity index (χ0v) is 16.9. The van der Waals surface area contributed by atoms with Crippen LogP contribution < -0.4 is 0 Å². The van der Waals surface area contributed by atoms with E-state index in [9.17, 15) is 18.0 Å². The number of fused-ring (bicyclic) bond motifs is 1. The van der Waals surface area contributed by atoms with Crippen LogP contribution in [-0.2, 0) is 23.1 Å². The summed E-state index contributed by atoms with van der Waals surface area (Å²) < 4.78 is 39.6. The van der Waals surface area contributed by atoms with Crippen molar-refractivity contribution in [2.75, 3.05) is 19.8 Å². The number of rotatable bonds is 5. The van der Waals surface area contributed by atoms with Gasteiger partial charge in [0, 0.05) is 43.6 Å². The normalized spacial score (nSPS) is 18.4. The van der Waals surface area contributed by atoms with Gasteiger partial charge >= 0.3 is 12.1 Å². The van der Waals surface area contributed by atoms with Crippen molar-refractivity contribution < 1.29 is 32.6 Å². The molecule has 3 heterocycles. The number of halogens is 3. The zero-order valence-electron chi connectivity index (χ0n) is 16.1. The van der Waals surface area contributed by atoms with Crippen LogP contribution in [0.1, 0.15) is 40.5 Å². The van der Waals surface area contributed by atoms with Gasteiger partial charge in [-0.15, -0.1) is 11.3 Å². The number of hydrogen-bond donors (Lipinski definition) is 1. The summed E-state index contributed by atoms with van der Waals surface area (Å²) in [5.74, 6) is -1.84. The van der Waals surface area contributed by atoms with Gasteiger partial charge in [0.1, 0.15) is 5.69 Å². The number of thiazole rings is 1. The van der Waals surface area contributed by atoms with Crippen molar-refractivity contribution >= 4 is 23.2 Å². The van der Waals surface area contributed by atoms with Crippen molar-refractivity contribution in [1.82, 2.24) is 19.7 Å². The van der Waals surface area contributed by atoms with Crippen molar-refractivity contribution in [3.8, 4) is 0 Å². The number of hydrogen-bond acceptors (Lipinski definition) is 6. The number of carboxylic acid groups (broad SMARTS) is 1. The summed E-state index contributed by atoms with van der Waals surface area (Å²) in [5, 5.41) is 13.3. The molecule has 4 rings (SSSR count). The highest BCUT2D eigenvalue weighted by Gasteiger charge is 2.38. The fourth-order valence-corrected chi connectivity index (χ4v) is 3.72. The lowest BCUT2D eigenvalue weighted by Crippen LogP contribution is -2.40. The molecule has 1 unspecified atom stereocenters. The van der Waals surface area contributed by atoms with Crippen molar-refractivity contribution in [2.45, 2.75) is 31.5 Å². The number of aromatic nitrogens is 3. The van der Waals surface area contributed by atoms with Crippen LogP contribution in [0.5, 0.6) is 0 Å². The van der Waals surface area contributed by atoms with Crippen LogP contribution in [0, 0.1) is 5.92 Å². The number of carboxylic acids is 1. The topological polar surface area (TPSA) is 97.5 Å². The number of alkyl halides is 3.